The summed E-state index contributed by atoms with van der Waals surface area (Å²) in [6, 6.07) is 8.02. The van der Waals surface area contributed by atoms with Crippen LogP contribution in [0.2, 0.25) is 0 Å². The van der Waals surface area contributed by atoms with Crippen LogP contribution in [0.3, 0.4) is 0 Å². The molecule has 0 saturated carbocycles. The number of fused-ring (bicyclic) bond motifs is 1. The van der Waals surface area contributed by atoms with Crippen LogP contribution in [-0.4, -0.2) is 33.7 Å². The van der Waals surface area contributed by atoms with Crippen molar-refractivity contribution in [1.82, 2.24) is 20.5 Å². The number of carbonyl (C=O) groups is 1. The SMILES string of the molecule is C[C@@H]1c2ccccc2O[C@@H]1CNC(=O)CCc1ncn[nH]1. The van der Waals surface area contributed by atoms with Crippen molar-refractivity contribution in [3.63, 3.8) is 0 Å². The second-order valence-electron chi connectivity index (χ2n) is 5.22. The average molecular weight is 286 g/mol. The molecule has 6 nitrogen and oxygen atoms in total. The second-order valence-corrected chi connectivity index (χ2v) is 5.22. The maximum absolute atomic E-state index is 11.8. The molecule has 1 aliphatic heterocycles. The van der Waals surface area contributed by atoms with Crippen LogP contribution >= 0.6 is 0 Å². The number of aromatic nitrogens is 3. The van der Waals surface area contributed by atoms with E-state index in [4.69, 9.17) is 4.74 Å². The molecule has 2 atom stereocenters. The Morgan fingerprint density at radius 2 is 2.29 bits per heavy atom. The van der Waals surface area contributed by atoms with Crippen LogP contribution in [0.25, 0.3) is 0 Å². The maximum atomic E-state index is 11.8. The number of nitrogens with one attached hydrogen (secondary N) is 2. The molecule has 0 unspecified atom stereocenters. The Balaban J connectivity index is 1.47. The molecular weight excluding hydrogens is 268 g/mol. The summed E-state index contributed by atoms with van der Waals surface area (Å²) in [5.41, 5.74) is 1.21. The molecule has 1 aromatic heterocycles. The van der Waals surface area contributed by atoms with E-state index < -0.39 is 0 Å². The van der Waals surface area contributed by atoms with E-state index in [1.54, 1.807) is 0 Å². The number of carbonyl (C=O) groups excluding carboxylic acids is 1. The number of rotatable bonds is 5. The zero-order valence-electron chi connectivity index (χ0n) is 11.9. The number of hydrogen-bond donors (Lipinski definition) is 2. The number of hydrogen-bond acceptors (Lipinski definition) is 4. The van der Waals surface area contributed by atoms with E-state index in [0.29, 0.717) is 19.4 Å². The summed E-state index contributed by atoms with van der Waals surface area (Å²) in [4.78, 5) is 15.8. The predicted octanol–water partition coefficient (Wildman–Crippen LogP) is 1.42. The Bertz CT molecular complexity index is 612. The lowest BCUT2D eigenvalue weighted by atomic mass is 9.97. The largest absolute Gasteiger partial charge is 0.488 e. The summed E-state index contributed by atoms with van der Waals surface area (Å²) in [5, 5.41) is 9.42. The first-order chi connectivity index (χ1) is 10.2. The van der Waals surface area contributed by atoms with Gasteiger partial charge in [-0.3, -0.25) is 9.89 Å². The van der Waals surface area contributed by atoms with Crippen LogP contribution in [0, 0.1) is 0 Å². The van der Waals surface area contributed by atoms with Gasteiger partial charge in [-0.25, -0.2) is 4.98 Å². The van der Waals surface area contributed by atoms with Crippen molar-refractivity contribution in [1.29, 1.82) is 0 Å². The highest BCUT2D eigenvalue weighted by Gasteiger charge is 2.30. The second kappa shape index (κ2) is 5.95. The van der Waals surface area contributed by atoms with Crippen molar-refractivity contribution >= 4 is 5.91 Å². The molecule has 0 radical (unpaired) electrons. The Hall–Kier alpha value is -2.37. The zero-order valence-corrected chi connectivity index (χ0v) is 11.9. The average Bonchev–Trinajstić information content (AvgIpc) is 3.12. The van der Waals surface area contributed by atoms with Gasteiger partial charge in [0.05, 0.1) is 6.54 Å². The highest BCUT2D eigenvalue weighted by atomic mass is 16.5. The number of H-pyrrole nitrogens is 1. The minimum absolute atomic E-state index is 0.00171. The van der Waals surface area contributed by atoms with Gasteiger partial charge in [0.1, 0.15) is 24.0 Å². The van der Waals surface area contributed by atoms with Crippen LogP contribution in [-0.2, 0) is 11.2 Å². The number of para-hydroxylation sites is 1. The first-order valence-corrected chi connectivity index (χ1v) is 7.10. The van der Waals surface area contributed by atoms with E-state index in [9.17, 15) is 4.79 Å². The Morgan fingerprint density at radius 1 is 1.43 bits per heavy atom. The van der Waals surface area contributed by atoms with Gasteiger partial charge in [-0.15, -0.1) is 0 Å². The number of aromatic amines is 1. The number of nitrogens with zero attached hydrogens (tertiary/aromatic N) is 2. The molecule has 2 N–H and O–H groups in total. The highest BCUT2D eigenvalue weighted by molar-refractivity contribution is 5.76. The smallest absolute Gasteiger partial charge is 0.220 e. The van der Waals surface area contributed by atoms with E-state index in [2.05, 4.69) is 33.5 Å². The summed E-state index contributed by atoms with van der Waals surface area (Å²) in [7, 11) is 0. The fourth-order valence-electron chi connectivity index (χ4n) is 2.53. The van der Waals surface area contributed by atoms with Crippen molar-refractivity contribution in [3.05, 3.63) is 42.0 Å². The molecule has 1 amide bonds. The van der Waals surface area contributed by atoms with Gasteiger partial charge in [-0.2, -0.15) is 5.10 Å². The van der Waals surface area contributed by atoms with Gasteiger partial charge < -0.3 is 10.1 Å². The standard InChI is InChI=1S/C15H18N4O2/c1-10-11-4-2-3-5-12(11)21-13(10)8-16-15(20)7-6-14-17-9-18-19-14/h2-5,9-10,13H,6-8H2,1H3,(H,16,20)(H,17,18,19)/t10-,13-/m1/s1. The molecule has 3 rings (SSSR count). The third kappa shape index (κ3) is 3.04. The topological polar surface area (TPSA) is 79.9 Å². The van der Waals surface area contributed by atoms with E-state index in [1.807, 2.05) is 18.2 Å². The fraction of sp³-hybridized carbons (Fsp3) is 0.400. The van der Waals surface area contributed by atoms with E-state index in [0.717, 1.165) is 11.6 Å². The van der Waals surface area contributed by atoms with Crippen LogP contribution < -0.4 is 10.1 Å². The van der Waals surface area contributed by atoms with Gasteiger partial charge >= 0.3 is 0 Å². The number of aryl methyl sites for hydroxylation is 1. The minimum atomic E-state index is -0.00312. The van der Waals surface area contributed by atoms with Crippen LogP contribution in [0.1, 0.15) is 30.7 Å². The van der Waals surface area contributed by atoms with Crippen LogP contribution in [0.4, 0.5) is 0 Å². The van der Waals surface area contributed by atoms with Gasteiger partial charge in [-0.05, 0) is 6.07 Å². The molecule has 0 spiro atoms. The Morgan fingerprint density at radius 3 is 3.05 bits per heavy atom. The van der Waals surface area contributed by atoms with E-state index in [-0.39, 0.29) is 17.9 Å². The lowest BCUT2D eigenvalue weighted by molar-refractivity contribution is -0.121. The van der Waals surface area contributed by atoms with Crippen LogP contribution in [0.5, 0.6) is 5.75 Å². The molecular formula is C15H18N4O2. The summed E-state index contributed by atoms with van der Waals surface area (Å²) < 4.78 is 5.88. The number of amides is 1. The van der Waals surface area contributed by atoms with Gasteiger partial charge in [0.25, 0.3) is 0 Å². The molecule has 21 heavy (non-hydrogen) atoms. The van der Waals surface area contributed by atoms with Crippen molar-refractivity contribution in [2.45, 2.75) is 31.8 Å². The van der Waals surface area contributed by atoms with Gasteiger partial charge in [0.15, 0.2) is 0 Å². The molecule has 6 heteroatoms. The normalized spacial score (nSPS) is 19.9. The third-order valence-corrected chi connectivity index (χ3v) is 3.80. The molecule has 0 aliphatic carbocycles. The molecule has 110 valence electrons. The lowest BCUT2D eigenvalue weighted by Gasteiger charge is -2.16. The molecule has 0 saturated heterocycles. The first-order valence-electron chi connectivity index (χ1n) is 7.10. The molecule has 0 fully saturated rings. The molecule has 2 heterocycles. The Labute approximate surface area is 122 Å². The van der Waals surface area contributed by atoms with Gasteiger partial charge in [0.2, 0.25) is 5.91 Å². The molecule has 2 aromatic rings. The summed E-state index contributed by atoms with van der Waals surface area (Å²) in [6.07, 6.45) is 2.39. The minimum Gasteiger partial charge on any atom is -0.488 e. The van der Waals surface area contributed by atoms with Crippen molar-refractivity contribution in [2.75, 3.05) is 6.54 Å². The molecule has 1 aliphatic rings. The fourth-order valence-corrected chi connectivity index (χ4v) is 2.53. The van der Waals surface area contributed by atoms with Crippen molar-refractivity contribution < 1.29 is 9.53 Å². The summed E-state index contributed by atoms with van der Waals surface area (Å²) in [5.74, 6) is 1.93. The molecule has 1 aromatic carbocycles. The lowest BCUT2D eigenvalue weighted by Crippen LogP contribution is -2.35. The summed E-state index contributed by atoms with van der Waals surface area (Å²) in [6.45, 7) is 2.64. The molecule has 0 bridgehead atoms. The highest BCUT2D eigenvalue weighted by Crippen LogP contribution is 2.37. The van der Waals surface area contributed by atoms with Crippen molar-refractivity contribution in [2.24, 2.45) is 0 Å². The van der Waals surface area contributed by atoms with Crippen LogP contribution in [0.15, 0.2) is 30.6 Å². The zero-order chi connectivity index (χ0) is 14.7. The van der Waals surface area contributed by atoms with E-state index in [1.165, 1.54) is 11.9 Å². The quantitative estimate of drug-likeness (QED) is 0.871. The number of benzene rings is 1. The van der Waals surface area contributed by atoms with Crippen molar-refractivity contribution in [3.8, 4) is 5.75 Å². The predicted molar refractivity (Wildman–Crippen MR) is 77.0 cm³/mol. The maximum Gasteiger partial charge on any atom is 0.220 e. The van der Waals surface area contributed by atoms with Gasteiger partial charge in [0, 0.05) is 24.3 Å². The van der Waals surface area contributed by atoms with Gasteiger partial charge in [-0.1, -0.05) is 25.1 Å². The Kier molecular flexibility index (Phi) is 3.85. The van der Waals surface area contributed by atoms with E-state index >= 15 is 0 Å². The summed E-state index contributed by atoms with van der Waals surface area (Å²) >= 11 is 0. The first kappa shape index (κ1) is 13.6. The number of ether oxygens (including phenoxy) is 1. The monoisotopic (exact) mass is 286 g/mol. The third-order valence-electron chi connectivity index (χ3n) is 3.80.